The van der Waals surface area contributed by atoms with Crippen LogP contribution in [0.5, 0.6) is 12.0 Å². The van der Waals surface area contributed by atoms with Crippen molar-refractivity contribution in [2.45, 2.75) is 26.2 Å². The summed E-state index contributed by atoms with van der Waals surface area (Å²) in [6, 6.07) is 0.409. The normalized spacial score (nSPS) is 9.89. The molecule has 0 radical (unpaired) electrons. The molecule has 0 aliphatic rings. The molecule has 0 aliphatic heterocycles. The molecular formula is C11H19N5O2. The van der Waals surface area contributed by atoms with Crippen molar-refractivity contribution in [2.24, 2.45) is 5.84 Å². The van der Waals surface area contributed by atoms with Gasteiger partial charge in [0.1, 0.15) is 0 Å². The molecule has 0 fully saturated rings. The van der Waals surface area contributed by atoms with Crippen molar-refractivity contribution in [1.82, 2.24) is 15.0 Å². The number of ether oxygens (including phenoxy) is 2. The summed E-state index contributed by atoms with van der Waals surface area (Å²) in [5, 5.41) is 0. The molecule has 0 aromatic carbocycles. The summed E-state index contributed by atoms with van der Waals surface area (Å²) in [6.45, 7) is 6.67. The number of hydrogen-bond acceptors (Lipinski definition) is 7. The van der Waals surface area contributed by atoms with Crippen LogP contribution < -0.4 is 20.7 Å². The van der Waals surface area contributed by atoms with Crippen molar-refractivity contribution in [3.05, 3.63) is 12.7 Å². The molecule has 18 heavy (non-hydrogen) atoms. The van der Waals surface area contributed by atoms with E-state index in [1.165, 1.54) is 0 Å². The molecule has 0 saturated heterocycles. The van der Waals surface area contributed by atoms with Gasteiger partial charge in [0.15, 0.2) is 0 Å². The largest absolute Gasteiger partial charge is 0.463 e. The van der Waals surface area contributed by atoms with Crippen LogP contribution in [0, 0.1) is 0 Å². The van der Waals surface area contributed by atoms with Gasteiger partial charge in [0.2, 0.25) is 5.95 Å². The highest BCUT2D eigenvalue weighted by Crippen LogP contribution is 2.12. The van der Waals surface area contributed by atoms with E-state index in [2.05, 4.69) is 27.0 Å². The van der Waals surface area contributed by atoms with Crippen LogP contribution in [-0.4, -0.2) is 28.2 Å². The molecule has 0 spiro atoms. The number of nitrogens with zero attached hydrogens (tertiary/aromatic N) is 3. The van der Waals surface area contributed by atoms with E-state index in [-0.39, 0.29) is 18.0 Å². The van der Waals surface area contributed by atoms with Gasteiger partial charge >= 0.3 is 12.0 Å². The number of aromatic nitrogens is 3. The zero-order valence-electron chi connectivity index (χ0n) is 10.6. The molecule has 7 nitrogen and oxygen atoms in total. The molecule has 0 amide bonds. The number of rotatable bonds is 9. The Labute approximate surface area is 106 Å². The average Bonchev–Trinajstić information content (AvgIpc) is 2.41. The molecule has 0 atom stereocenters. The van der Waals surface area contributed by atoms with Crippen LogP contribution in [0.15, 0.2) is 12.7 Å². The highest BCUT2D eigenvalue weighted by molar-refractivity contribution is 5.25. The Bertz CT molecular complexity index is 372. The van der Waals surface area contributed by atoms with E-state index in [1.807, 2.05) is 13.0 Å². The van der Waals surface area contributed by atoms with Gasteiger partial charge in [-0.05, 0) is 19.3 Å². The lowest BCUT2D eigenvalue weighted by atomic mass is 10.3. The van der Waals surface area contributed by atoms with Crippen molar-refractivity contribution < 1.29 is 9.47 Å². The van der Waals surface area contributed by atoms with Gasteiger partial charge in [-0.15, -0.1) is 11.6 Å². The lowest BCUT2D eigenvalue weighted by Gasteiger charge is -2.07. The van der Waals surface area contributed by atoms with Crippen molar-refractivity contribution in [1.29, 1.82) is 0 Å². The summed E-state index contributed by atoms with van der Waals surface area (Å²) < 4.78 is 10.7. The van der Waals surface area contributed by atoms with Crippen LogP contribution in [0.25, 0.3) is 0 Å². The van der Waals surface area contributed by atoms with Crippen LogP contribution in [0.2, 0.25) is 0 Å². The van der Waals surface area contributed by atoms with Crippen molar-refractivity contribution in [3.63, 3.8) is 0 Å². The van der Waals surface area contributed by atoms with Gasteiger partial charge in [0.05, 0.1) is 13.2 Å². The Morgan fingerprint density at radius 3 is 2.44 bits per heavy atom. The molecule has 3 N–H and O–H groups in total. The van der Waals surface area contributed by atoms with E-state index in [0.29, 0.717) is 13.2 Å². The fourth-order valence-electron chi connectivity index (χ4n) is 1.12. The number of hydrazine groups is 1. The predicted octanol–water partition coefficient (Wildman–Crippen LogP) is 1.29. The molecule has 0 unspecified atom stereocenters. The minimum atomic E-state index is 0.202. The summed E-state index contributed by atoms with van der Waals surface area (Å²) in [6.07, 6.45) is 4.43. The molecule has 0 saturated carbocycles. The van der Waals surface area contributed by atoms with Gasteiger partial charge in [-0.25, -0.2) is 5.84 Å². The highest BCUT2D eigenvalue weighted by Gasteiger charge is 2.07. The topological polar surface area (TPSA) is 95.2 Å². The summed E-state index contributed by atoms with van der Waals surface area (Å²) in [7, 11) is 0. The number of nitrogen functional groups attached to an aromatic ring is 1. The maximum absolute atomic E-state index is 5.39. The Kier molecular flexibility index (Phi) is 6.49. The molecule has 1 heterocycles. The second kappa shape index (κ2) is 8.24. The second-order valence-electron chi connectivity index (χ2n) is 3.50. The Hall–Kier alpha value is -1.89. The van der Waals surface area contributed by atoms with Crippen molar-refractivity contribution in [2.75, 3.05) is 18.6 Å². The van der Waals surface area contributed by atoms with Gasteiger partial charge in [-0.2, -0.15) is 9.97 Å². The smallest absolute Gasteiger partial charge is 0.324 e. The predicted molar refractivity (Wildman–Crippen MR) is 68.3 cm³/mol. The average molecular weight is 253 g/mol. The van der Waals surface area contributed by atoms with Crippen LogP contribution in [0.4, 0.5) is 5.95 Å². The van der Waals surface area contributed by atoms with Gasteiger partial charge in [-0.3, -0.25) is 5.43 Å². The lowest BCUT2D eigenvalue weighted by molar-refractivity contribution is 0.260. The summed E-state index contributed by atoms with van der Waals surface area (Å²) in [4.78, 5) is 12.0. The molecule has 7 heteroatoms. The first-order valence-corrected chi connectivity index (χ1v) is 5.89. The molecule has 1 aromatic heterocycles. The van der Waals surface area contributed by atoms with Crippen LogP contribution >= 0.6 is 0 Å². The third kappa shape index (κ3) is 4.96. The monoisotopic (exact) mass is 253 g/mol. The third-order valence-electron chi connectivity index (χ3n) is 1.94. The Morgan fingerprint density at radius 2 is 1.89 bits per heavy atom. The molecule has 0 bridgehead atoms. The van der Waals surface area contributed by atoms with Crippen LogP contribution in [0.1, 0.15) is 26.2 Å². The van der Waals surface area contributed by atoms with Gasteiger partial charge in [0, 0.05) is 0 Å². The molecule has 100 valence electrons. The fourth-order valence-corrected chi connectivity index (χ4v) is 1.12. The Balaban J connectivity index is 2.61. The summed E-state index contributed by atoms with van der Waals surface area (Å²) in [5.74, 6) is 5.48. The first-order chi connectivity index (χ1) is 8.80. The van der Waals surface area contributed by atoms with E-state index in [1.54, 1.807) is 0 Å². The standard InChI is InChI=1S/C11H19N5O2/c1-3-5-6-8-18-11-14-9(16-12)13-10(15-11)17-7-4-2/h3H,1,4-8,12H2,2H3,(H,13,14,15,16). The number of hydrogen-bond donors (Lipinski definition) is 2. The highest BCUT2D eigenvalue weighted by atomic mass is 16.5. The minimum absolute atomic E-state index is 0.202. The zero-order valence-corrected chi connectivity index (χ0v) is 10.6. The Morgan fingerprint density at radius 1 is 1.22 bits per heavy atom. The SMILES string of the molecule is C=CCCCOc1nc(NN)nc(OCCC)n1. The van der Waals surface area contributed by atoms with Crippen molar-refractivity contribution in [3.8, 4) is 12.0 Å². The fraction of sp³-hybridized carbons (Fsp3) is 0.545. The number of allylic oxidation sites excluding steroid dienone is 1. The maximum atomic E-state index is 5.39. The number of unbranched alkanes of at least 4 members (excludes halogenated alkanes) is 1. The van der Waals surface area contributed by atoms with Gasteiger partial charge in [0.25, 0.3) is 0 Å². The first kappa shape index (κ1) is 14.2. The van der Waals surface area contributed by atoms with E-state index in [9.17, 15) is 0 Å². The summed E-state index contributed by atoms with van der Waals surface area (Å²) in [5.41, 5.74) is 2.35. The van der Waals surface area contributed by atoms with Crippen LogP contribution in [0.3, 0.4) is 0 Å². The quantitative estimate of drug-likeness (QED) is 0.296. The first-order valence-electron chi connectivity index (χ1n) is 5.89. The minimum Gasteiger partial charge on any atom is -0.463 e. The molecular weight excluding hydrogens is 234 g/mol. The number of nitrogens with one attached hydrogen (secondary N) is 1. The maximum Gasteiger partial charge on any atom is 0.324 e. The van der Waals surface area contributed by atoms with E-state index < -0.39 is 0 Å². The van der Waals surface area contributed by atoms with Crippen molar-refractivity contribution >= 4 is 5.95 Å². The van der Waals surface area contributed by atoms with E-state index in [0.717, 1.165) is 19.3 Å². The molecule has 1 rings (SSSR count). The molecule has 0 aliphatic carbocycles. The second-order valence-corrected chi connectivity index (χ2v) is 3.50. The van der Waals surface area contributed by atoms with Gasteiger partial charge < -0.3 is 9.47 Å². The number of anilines is 1. The van der Waals surface area contributed by atoms with Gasteiger partial charge in [-0.1, -0.05) is 13.0 Å². The van der Waals surface area contributed by atoms with Crippen LogP contribution in [-0.2, 0) is 0 Å². The van der Waals surface area contributed by atoms with E-state index in [4.69, 9.17) is 15.3 Å². The number of nitrogens with two attached hydrogens (primary N) is 1. The molecule has 1 aromatic rings. The third-order valence-corrected chi connectivity index (χ3v) is 1.94. The lowest BCUT2D eigenvalue weighted by Crippen LogP contribution is -2.14. The summed E-state index contributed by atoms with van der Waals surface area (Å²) >= 11 is 0. The zero-order chi connectivity index (χ0) is 13.2. The van der Waals surface area contributed by atoms with E-state index >= 15 is 0 Å².